The van der Waals surface area contributed by atoms with Gasteiger partial charge in [-0.25, -0.2) is 0 Å². The first-order valence-corrected chi connectivity index (χ1v) is 17.1. The third-order valence-electron chi connectivity index (χ3n) is 9.90. The van der Waals surface area contributed by atoms with Gasteiger partial charge in [0.2, 0.25) is 0 Å². The van der Waals surface area contributed by atoms with Crippen molar-refractivity contribution in [3.05, 3.63) is 142 Å². The largest absolute Gasteiger partial charge is 0.507 e. The summed E-state index contributed by atoms with van der Waals surface area (Å²) in [6, 6.07) is 44.8. The van der Waals surface area contributed by atoms with Crippen LogP contribution in [0.2, 0.25) is 0 Å². The monoisotopic (exact) mass is 732 g/mol. The zero-order valence-electron chi connectivity index (χ0n) is 26.3. The summed E-state index contributed by atoms with van der Waals surface area (Å²) in [6.07, 6.45) is 0. The number of rotatable bonds is 3. The summed E-state index contributed by atoms with van der Waals surface area (Å²) in [5.41, 5.74) is 9.23. The standard InChI is InChI=1S/C44H29IO3/c1-24-38(42(45)44(47)25(2)43(24)46)41-32-17-7-5-15-30(32)39(31-16-6-8-18-33(31)41)35-22-27(29-20-11-13-26-12-3-4-14-28(26)29)23-37-40(35)34-19-9-10-21-36(34)48-37/h3-23,46-47H,1-2H3. The van der Waals surface area contributed by atoms with Crippen molar-refractivity contribution < 1.29 is 14.6 Å². The van der Waals surface area contributed by atoms with Gasteiger partial charge in [0, 0.05) is 27.5 Å². The number of aromatic hydroxyl groups is 2. The highest BCUT2D eigenvalue weighted by Gasteiger charge is 2.25. The molecule has 0 spiro atoms. The van der Waals surface area contributed by atoms with E-state index in [1.54, 1.807) is 6.92 Å². The molecule has 9 rings (SSSR count). The Kier molecular flexibility index (Phi) is 6.53. The lowest BCUT2D eigenvalue weighted by Crippen LogP contribution is -1.97. The maximum Gasteiger partial charge on any atom is 0.136 e. The molecule has 0 radical (unpaired) electrons. The summed E-state index contributed by atoms with van der Waals surface area (Å²) in [5.74, 6) is 0.231. The second-order valence-electron chi connectivity index (χ2n) is 12.5. The quantitative estimate of drug-likeness (QED) is 0.140. The SMILES string of the molecule is Cc1c(O)c(C)c(-c2c3ccccc3c(-c3cc(-c4cccc5ccccc45)cc4oc5ccccc5c34)c3ccccc23)c(I)c1O. The molecule has 0 aliphatic heterocycles. The van der Waals surface area contributed by atoms with E-state index in [2.05, 4.69) is 138 Å². The summed E-state index contributed by atoms with van der Waals surface area (Å²) >= 11 is 2.23. The summed E-state index contributed by atoms with van der Waals surface area (Å²) in [6.45, 7) is 3.69. The van der Waals surface area contributed by atoms with Crippen LogP contribution in [0.15, 0.2) is 132 Å². The van der Waals surface area contributed by atoms with Gasteiger partial charge in [-0.05, 0) is 115 Å². The molecule has 1 aromatic heterocycles. The Morgan fingerprint density at radius 3 is 1.73 bits per heavy atom. The van der Waals surface area contributed by atoms with Crippen LogP contribution in [0.1, 0.15) is 11.1 Å². The second-order valence-corrected chi connectivity index (χ2v) is 13.6. The summed E-state index contributed by atoms with van der Waals surface area (Å²) in [7, 11) is 0. The first-order chi connectivity index (χ1) is 23.4. The number of para-hydroxylation sites is 1. The van der Waals surface area contributed by atoms with Crippen LogP contribution < -0.4 is 0 Å². The van der Waals surface area contributed by atoms with Gasteiger partial charge in [0.05, 0.1) is 3.57 Å². The Morgan fingerprint density at radius 1 is 0.479 bits per heavy atom. The highest BCUT2D eigenvalue weighted by atomic mass is 127. The van der Waals surface area contributed by atoms with E-state index in [1.807, 2.05) is 19.1 Å². The minimum absolute atomic E-state index is 0.111. The number of hydrogen-bond acceptors (Lipinski definition) is 3. The van der Waals surface area contributed by atoms with Crippen molar-refractivity contribution in [2.45, 2.75) is 13.8 Å². The number of hydrogen-bond donors (Lipinski definition) is 2. The molecular weight excluding hydrogens is 703 g/mol. The zero-order valence-corrected chi connectivity index (χ0v) is 28.5. The molecule has 230 valence electrons. The van der Waals surface area contributed by atoms with Crippen LogP contribution in [-0.2, 0) is 0 Å². The number of phenols is 2. The maximum atomic E-state index is 11.2. The van der Waals surface area contributed by atoms with E-state index in [4.69, 9.17) is 4.42 Å². The number of benzene rings is 8. The molecule has 0 atom stereocenters. The predicted octanol–water partition coefficient (Wildman–Crippen LogP) is 12.7. The molecule has 0 fully saturated rings. The van der Waals surface area contributed by atoms with Crippen molar-refractivity contribution in [3.8, 4) is 44.9 Å². The average Bonchev–Trinajstić information content (AvgIpc) is 3.51. The van der Waals surface area contributed by atoms with Crippen LogP contribution in [0.5, 0.6) is 11.5 Å². The fourth-order valence-electron chi connectivity index (χ4n) is 7.63. The summed E-state index contributed by atoms with van der Waals surface area (Å²) in [4.78, 5) is 0. The van der Waals surface area contributed by atoms with Crippen molar-refractivity contribution >= 4 is 76.8 Å². The normalized spacial score (nSPS) is 11.8. The minimum atomic E-state index is 0.111. The van der Waals surface area contributed by atoms with E-state index in [-0.39, 0.29) is 11.5 Å². The van der Waals surface area contributed by atoms with Gasteiger partial charge in [-0.2, -0.15) is 0 Å². The van der Waals surface area contributed by atoms with Crippen molar-refractivity contribution in [3.63, 3.8) is 0 Å². The first-order valence-electron chi connectivity index (χ1n) is 16.0. The average molecular weight is 733 g/mol. The molecule has 0 bridgehead atoms. The molecular formula is C44H29IO3. The van der Waals surface area contributed by atoms with Crippen molar-refractivity contribution in [1.29, 1.82) is 0 Å². The van der Waals surface area contributed by atoms with Gasteiger partial charge in [0.15, 0.2) is 0 Å². The highest BCUT2D eigenvalue weighted by Crippen LogP contribution is 2.51. The predicted molar refractivity (Wildman–Crippen MR) is 208 cm³/mol. The van der Waals surface area contributed by atoms with Crippen LogP contribution in [-0.4, -0.2) is 10.2 Å². The molecule has 0 aliphatic carbocycles. The van der Waals surface area contributed by atoms with Crippen molar-refractivity contribution in [2.75, 3.05) is 0 Å². The van der Waals surface area contributed by atoms with Gasteiger partial charge >= 0.3 is 0 Å². The van der Waals surface area contributed by atoms with E-state index in [0.717, 1.165) is 86.0 Å². The van der Waals surface area contributed by atoms with Crippen LogP contribution in [0.4, 0.5) is 0 Å². The number of phenolic OH excluding ortho intramolecular Hbond substituents is 2. The number of furan rings is 1. The molecule has 8 aromatic carbocycles. The molecule has 4 heteroatoms. The Hall–Kier alpha value is -5.33. The van der Waals surface area contributed by atoms with E-state index in [1.165, 1.54) is 10.8 Å². The third kappa shape index (κ3) is 4.12. The minimum Gasteiger partial charge on any atom is -0.507 e. The van der Waals surface area contributed by atoms with Gasteiger partial charge < -0.3 is 14.6 Å². The van der Waals surface area contributed by atoms with E-state index < -0.39 is 0 Å². The van der Waals surface area contributed by atoms with Crippen molar-refractivity contribution in [1.82, 2.24) is 0 Å². The van der Waals surface area contributed by atoms with Gasteiger partial charge in [-0.1, -0.05) is 109 Å². The van der Waals surface area contributed by atoms with E-state index >= 15 is 0 Å². The summed E-state index contributed by atoms with van der Waals surface area (Å²) < 4.78 is 7.34. The lowest BCUT2D eigenvalue weighted by atomic mass is 9.82. The molecule has 0 saturated heterocycles. The molecule has 0 amide bonds. The second kappa shape index (κ2) is 10.9. The number of fused-ring (bicyclic) bond motifs is 6. The molecule has 3 nitrogen and oxygen atoms in total. The topological polar surface area (TPSA) is 53.6 Å². The zero-order chi connectivity index (χ0) is 32.7. The first kappa shape index (κ1) is 28.9. The molecule has 0 saturated carbocycles. The Labute approximate surface area is 290 Å². The van der Waals surface area contributed by atoms with Crippen LogP contribution >= 0.6 is 22.6 Å². The molecule has 2 N–H and O–H groups in total. The lowest BCUT2D eigenvalue weighted by Gasteiger charge is -2.22. The van der Waals surface area contributed by atoms with E-state index in [9.17, 15) is 10.2 Å². The third-order valence-corrected chi connectivity index (χ3v) is 10.9. The smallest absolute Gasteiger partial charge is 0.136 e. The molecule has 0 unspecified atom stereocenters. The van der Waals surface area contributed by atoms with Gasteiger partial charge in [0.25, 0.3) is 0 Å². The fraction of sp³-hybridized carbons (Fsp3) is 0.0455. The van der Waals surface area contributed by atoms with E-state index in [0.29, 0.717) is 5.56 Å². The molecule has 48 heavy (non-hydrogen) atoms. The van der Waals surface area contributed by atoms with Crippen molar-refractivity contribution in [2.24, 2.45) is 0 Å². The van der Waals surface area contributed by atoms with Crippen LogP contribution in [0, 0.1) is 17.4 Å². The van der Waals surface area contributed by atoms with Gasteiger partial charge in [-0.15, -0.1) is 0 Å². The summed E-state index contributed by atoms with van der Waals surface area (Å²) in [5, 5.41) is 31.1. The highest BCUT2D eigenvalue weighted by molar-refractivity contribution is 14.1. The van der Waals surface area contributed by atoms with Crippen LogP contribution in [0.3, 0.4) is 0 Å². The fourth-order valence-corrected chi connectivity index (χ4v) is 8.71. The maximum absolute atomic E-state index is 11.2. The lowest BCUT2D eigenvalue weighted by molar-refractivity contribution is 0.439. The Bertz CT molecular complexity index is 2700. The number of halogens is 1. The van der Waals surface area contributed by atoms with Gasteiger partial charge in [0.1, 0.15) is 22.7 Å². The Morgan fingerprint density at radius 2 is 1.04 bits per heavy atom. The Balaban J connectivity index is 1.48. The van der Waals surface area contributed by atoms with Gasteiger partial charge in [-0.3, -0.25) is 0 Å². The van der Waals surface area contributed by atoms with Crippen LogP contribution in [0.25, 0.3) is 87.6 Å². The molecule has 0 aliphatic rings. The molecule has 1 heterocycles. The molecule has 9 aromatic rings.